The van der Waals surface area contributed by atoms with E-state index in [1.165, 1.54) is 23.1 Å². The number of benzene rings is 3. The summed E-state index contributed by atoms with van der Waals surface area (Å²) in [7, 11) is 0. The monoisotopic (exact) mass is 794 g/mol. The second kappa shape index (κ2) is 18.7. The number of piperidine rings is 1. The zero-order valence-corrected chi connectivity index (χ0v) is 33.3. The van der Waals surface area contributed by atoms with E-state index in [4.69, 9.17) is 10.5 Å². The molecule has 57 heavy (non-hydrogen) atoms. The van der Waals surface area contributed by atoms with E-state index in [1.54, 1.807) is 40.7 Å². The zero-order valence-electron chi connectivity index (χ0n) is 33.3. The molecular weight excluding hydrogens is 740 g/mol. The number of hydrogen-bond donors (Lipinski definition) is 3. The van der Waals surface area contributed by atoms with Gasteiger partial charge in [-0.1, -0.05) is 70.9 Å². The summed E-state index contributed by atoms with van der Waals surface area (Å²) in [4.78, 5) is 55.5. The summed E-state index contributed by atoms with van der Waals surface area (Å²) in [6, 6.07) is 13.8. The third-order valence-electron chi connectivity index (χ3n) is 11.3. The SMILES string of the molecule is Cc1cccc(F)c1C(=O)N1CCC[C@H](C(=O)Nc2ccc(COC(=O)[C@@H](CC(=O)[C@@H](N)C(C)C)C(C)C)c(C(F)(F)F)c2)[C@@H]1c1ccc(NC2CCCC2)cc1. The summed E-state index contributed by atoms with van der Waals surface area (Å²) >= 11 is 0. The molecule has 0 unspecified atom stereocenters. The number of alkyl halides is 3. The number of hydrogen-bond acceptors (Lipinski definition) is 7. The number of anilines is 2. The summed E-state index contributed by atoms with van der Waals surface area (Å²) in [6.45, 7) is 8.16. The summed E-state index contributed by atoms with van der Waals surface area (Å²) in [6.07, 6.45) is 0.0838. The highest BCUT2D eigenvalue weighted by Crippen LogP contribution is 2.40. The molecular formula is C44H54F4N4O5. The molecule has 1 heterocycles. The third kappa shape index (κ3) is 10.6. The van der Waals surface area contributed by atoms with E-state index >= 15 is 4.39 Å². The zero-order chi connectivity index (χ0) is 41.6. The van der Waals surface area contributed by atoms with Crippen LogP contribution in [0, 0.1) is 36.4 Å². The van der Waals surface area contributed by atoms with Crippen molar-refractivity contribution in [2.75, 3.05) is 17.2 Å². The lowest BCUT2D eigenvalue weighted by Gasteiger charge is -2.41. The van der Waals surface area contributed by atoms with Crippen molar-refractivity contribution in [1.82, 2.24) is 4.90 Å². The number of Topliss-reactive ketones (excluding diaryl/α,β-unsaturated/α-hetero) is 1. The molecule has 9 nitrogen and oxygen atoms in total. The molecule has 0 radical (unpaired) electrons. The fourth-order valence-electron chi connectivity index (χ4n) is 7.89. The minimum Gasteiger partial charge on any atom is -0.461 e. The lowest BCUT2D eigenvalue weighted by molar-refractivity contribution is -0.154. The lowest BCUT2D eigenvalue weighted by Crippen LogP contribution is -2.46. The van der Waals surface area contributed by atoms with Crippen LogP contribution in [-0.2, 0) is 31.9 Å². The van der Waals surface area contributed by atoms with Crippen LogP contribution in [-0.4, -0.2) is 47.1 Å². The molecule has 0 bridgehead atoms. The molecule has 2 fully saturated rings. The average Bonchev–Trinajstić information content (AvgIpc) is 3.68. The van der Waals surface area contributed by atoms with Gasteiger partial charge in [-0.25, -0.2) is 4.39 Å². The van der Waals surface area contributed by atoms with Crippen molar-refractivity contribution < 1.29 is 41.5 Å². The van der Waals surface area contributed by atoms with Crippen LogP contribution in [0.3, 0.4) is 0 Å². The summed E-state index contributed by atoms with van der Waals surface area (Å²) in [5.41, 5.74) is 6.26. The number of amides is 2. The van der Waals surface area contributed by atoms with Crippen molar-refractivity contribution in [2.24, 2.45) is 29.4 Å². The molecule has 4 atom stereocenters. The van der Waals surface area contributed by atoms with Crippen LogP contribution in [0.15, 0.2) is 60.7 Å². The molecule has 1 saturated carbocycles. The minimum absolute atomic E-state index is 0.0976. The number of rotatable bonds is 14. The first-order valence-electron chi connectivity index (χ1n) is 19.8. The maximum atomic E-state index is 15.1. The molecule has 4 N–H and O–H groups in total. The maximum Gasteiger partial charge on any atom is 0.416 e. The van der Waals surface area contributed by atoms with Gasteiger partial charge in [0.05, 0.1) is 35.0 Å². The maximum absolute atomic E-state index is 15.1. The molecule has 2 aliphatic rings. The van der Waals surface area contributed by atoms with Gasteiger partial charge in [-0.3, -0.25) is 19.2 Å². The van der Waals surface area contributed by atoms with Gasteiger partial charge in [0.25, 0.3) is 5.91 Å². The number of nitrogens with two attached hydrogens (primary N) is 1. The van der Waals surface area contributed by atoms with Gasteiger partial charge in [-0.2, -0.15) is 13.2 Å². The quantitative estimate of drug-likeness (QED) is 0.110. The molecule has 13 heteroatoms. The van der Waals surface area contributed by atoms with Gasteiger partial charge < -0.3 is 26.0 Å². The summed E-state index contributed by atoms with van der Waals surface area (Å²) in [5.74, 6) is -5.29. The van der Waals surface area contributed by atoms with E-state index in [2.05, 4.69) is 10.6 Å². The lowest BCUT2D eigenvalue weighted by atomic mass is 9.83. The van der Waals surface area contributed by atoms with Crippen molar-refractivity contribution in [3.63, 3.8) is 0 Å². The Hall–Kier alpha value is -4.78. The Labute approximate surface area is 332 Å². The number of halogens is 4. The van der Waals surface area contributed by atoms with Crippen LogP contribution in [0.1, 0.15) is 111 Å². The highest BCUT2D eigenvalue weighted by Gasteiger charge is 2.41. The van der Waals surface area contributed by atoms with Crippen molar-refractivity contribution in [3.8, 4) is 0 Å². The Balaban J connectivity index is 1.39. The third-order valence-corrected chi connectivity index (χ3v) is 11.3. The van der Waals surface area contributed by atoms with Crippen molar-refractivity contribution in [2.45, 2.75) is 110 Å². The number of aryl methyl sites for hydroxylation is 1. The summed E-state index contributed by atoms with van der Waals surface area (Å²) < 4.78 is 64.0. The first kappa shape index (κ1) is 43.3. The molecule has 3 aromatic carbocycles. The van der Waals surface area contributed by atoms with E-state index in [0.29, 0.717) is 30.0 Å². The molecule has 308 valence electrons. The first-order chi connectivity index (χ1) is 27.0. The molecule has 1 saturated heterocycles. The molecule has 1 aliphatic carbocycles. The van der Waals surface area contributed by atoms with Crippen LogP contribution < -0.4 is 16.4 Å². The molecule has 2 amide bonds. The Morgan fingerprint density at radius 3 is 2.18 bits per heavy atom. The van der Waals surface area contributed by atoms with Gasteiger partial charge in [0, 0.05) is 35.9 Å². The van der Waals surface area contributed by atoms with Gasteiger partial charge in [-0.15, -0.1) is 0 Å². The predicted octanol–water partition coefficient (Wildman–Crippen LogP) is 9.00. The molecule has 0 spiro atoms. The minimum atomic E-state index is -4.87. The van der Waals surface area contributed by atoms with E-state index in [1.807, 2.05) is 24.3 Å². The Morgan fingerprint density at radius 2 is 1.56 bits per heavy atom. The molecule has 1 aliphatic heterocycles. The standard InChI is InChI=1S/C44H54F4N4O5/c1-25(2)34(23-37(53)39(49)26(3)4)43(56)57-24-29-17-20-32(22-35(29)44(46,47)48)51-41(54)33-13-9-21-52(42(55)38-27(5)10-8-14-36(38)45)40(33)28-15-18-31(19-16-28)50-30-11-6-7-12-30/h8,10,14-20,22,25-26,30,33-34,39-40,50H,6-7,9,11-13,21,23-24,49H2,1-5H3,(H,51,54)/t33-,34-,39-,40-/m0/s1. The second-order valence-corrected chi connectivity index (χ2v) is 16.1. The Bertz CT molecular complexity index is 1890. The average molecular weight is 795 g/mol. The predicted molar refractivity (Wildman–Crippen MR) is 211 cm³/mol. The number of nitrogens with zero attached hydrogens (tertiary/aromatic N) is 1. The number of esters is 1. The molecule has 5 rings (SSSR count). The van der Waals surface area contributed by atoms with E-state index in [0.717, 1.165) is 43.5 Å². The molecule has 3 aromatic rings. The highest BCUT2D eigenvalue weighted by molar-refractivity contribution is 5.98. The smallest absolute Gasteiger partial charge is 0.416 e. The van der Waals surface area contributed by atoms with Gasteiger partial charge >= 0.3 is 12.1 Å². The number of carbonyl (C=O) groups excluding carboxylic acids is 4. The number of ketones is 1. The van der Waals surface area contributed by atoms with Gasteiger partial charge in [0.1, 0.15) is 12.4 Å². The van der Waals surface area contributed by atoms with Gasteiger partial charge in [0.2, 0.25) is 5.91 Å². The summed E-state index contributed by atoms with van der Waals surface area (Å²) in [5, 5.41) is 6.18. The normalized spacial score (nSPS) is 18.7. The topological polar surface area (TPSA) is 131 Å². The fourth-order valence-corrected chi connectivity index (χ4v) is 7.89. The van der Waals surface area contributed by atoms with Crippen LogP contribution >= 0.6 is 0 Å². The number of carbonyl (C=O) groups is 4. The second-order valence-electron chi connectivity index (χ2n) is 16.1. The largest absolute Gasteiger partial charge is 0.461 e. The van der Waals surface area contributed by atoms with Crippen LogP contribution in [0.25, 0.3) is 0 Å². The number of nitrogens with one attached hydrogen (secondary N) is 2. The van der Waals surface area contributed by atoms with Crippen LogP contribution in [0.5, 0.6) is 0 Å². The van der Waals surface area contributed by atoms with E-state index < -0.39 is 65.9 Å². The first-order valence-corrected chi connectivity index (χ1v) is 19.8. The molecule has 0 aromatic heterocycles. The van der Waals surface area contributed by atoms with Crippen molar-refractivity contribution in [3.05, 3.63) is 94.3 Å². The van der Waals surface area contributed by atoms with Gasteiger partial charge in [0.15, 0.2) is 5.78 Å². The Kier molecular flexibility index (Phi) is 14.2. The van der Waals surface area contributed by atoms with Crippen LogP contribution in [0.2, 0.25) is 0 Å². The van der Waals surface area contributed by atoms with Gasteiger partial charge in [-0.05, 0) is 85.9 Å². The fraction of sp³-hybridized carbons (Fsp3) is 0.500. The number of likely N-dealkylation sites (tertiary alicyclic amines) is 1. The highest BCUT2D eigenvalue weighted by atomic mass is 19.4. The Morgan fingerprint density at radius 1 is 0.895 bits per heavy atom. The van der Waals surface area contributed by atoms with E-state index in [9.17, 15) is 32.3 Å². The van der Waals surface area contributed by atoms with E-state index in [-0.39, 0.29) is 47.4 Å². The van der Waals surface area contributed by atoms with Crippen molar-refractivity contribution >= 4 is 34.9 Å². The van der Waals surface area contributed by atoms with Crippen molar-refractivity contribution in [1.29, 1.82) is 0 Å². The number of ether oxygens (including phenoxy) is 1. The van der Waals surface area contributed by atoms with Crippen LogP contribution in [0.4, 0.5) is 28.9 Å².